The molecule has 1 aliphatic carbocycles. The van der Waals surface area contributed by atoms with Crippen LogP contribution >= 0.6 is 0 Å². The van der Waals surface area contributed by atoms with Crippen LogP contribution in [-0.4, -0.2) is 10.6 Å². The van der Waals surface area contributed by atoms with E-state index < -0.39 is 0 Å². The second kappa shape index (κ2) is 14.6. The Bertz CT molecular complexity index is 2830. The zero-order valence-corrected chi connectivity index (χ0v) is 31.0. The monoisotopic (exact) mass is 716 g/mol. The molecule has 0 fully saturated rings. The van der Waals surface area contributed by atoms with Gasteiger partial charge in [0.2, 0.25) is 0 Å². The Morgan fingerprint density at radius 1 is 0.411 bits per heavy atom. The smallest absolute Gasteiger partial charge is 0.0560 e. The lowest BCUT2D eigenvalue weighted by Gasteiger charge is -2.34. The van der Waals surface area contributed by atoms with Gasteiger partial charge in [0, 0.05) is 27.7 Å². The van der Waals surface area contributed by atoms with Crippen LogP contribution in [-0.2, 0) is 0 Å². The third kappa shape index (κ3) is 6.12. The predicted molar refractivity (Wildman–Crippen MR) is 238 cm³/mol. The third-order valence-electron chi connectivity index (χ3n) is 11.1. The van der Waals surface area contributed by atoms with Gasteiger partial charge in [-0.1, -0.05) is 182 Å². The average Bonchev–Trinajstić information content (AvgIpc) is 3.62. The highest BCUT2D eigenvalue weighted by molar-refractivity contribution is 6.09. The van der Waals surface area contributed by atoms with Crippen LogP contribution in [0.4, 0.5) is 11.4 Å². The van der Waals surface area contributed by atoms with E-state index in [1.165, 1.54) is 72.0 Å². The summed E-state index contributed by atoms with van der Waals surface area (Å²) in [6.07, 6.45) is 7.95. The van der Waals surface area contributed by atoms with Crippen molar-refractivity contribution in [2.45, 2.75) is 12.5 Å². The van der Waals surface area contributed by atoms with Crippen molar-refractivity contribution in [3.05, 3.63) is 230 Å². The van der Waals surface area contributed by atoms with E-state index in [9.17, 15) is 0 Å². The number of para-hydroxylation sites is 3. The van der Waals surface area contributed by atoms with Gasteiger partial charge < -0.3 is 9.47 Å². The average molecular weight is 717 g/mol. The van der Waals surface area contributed by atoms with E-state index in [0.29, 0.717) is 0 Å². The van der Waals surface area contributed by atoms with E-state index in [1.54, 1.807) is 0 Å². The molecule has 0 radical (unpaired) electrons. The SMILES string of the molecule is C1=CC(N(c2ccc(-c3ccccc3-c3ccccc3)cc2)c2cccc(-c3ccccc3-n3c4ccccc4c4ccccc43)c2)CC=C1c1ccccc1. The van der Waals surface area contributed by atoms with Gasteiger partial charge in [-0.15, -0.1) is 0 Å². The van der Waals surface area contributed by atoms with Crippen molar-refractivity contribution in [3.63, 3.8) is 0 Å². The Hall–Kier alpha value is -7.16. The van der Waals surface area contributed by atoms with Crippen molar-refractivity contribution < 1.29 is 0 Å². The van der Waals surface area contributed by atoms with Crippen molar-refractivity contribution in [3.8, 4) is 39.1 Å². The van der Waals surface area contributed by atoms with Crippen molar-refractivity contribution in [2.75, 3.05) is 4.90 Å². The van der Waals surface area contributed by atoms with Crippen molar-refractivity contribution >= 4 is 38.8 Å². The summed E-state index contributed by atoms with van der Waals surface area (Å²) in [6, 6.07) is 74.7. The molecule has 9 aromatic rings. The standard InChI is InChI=1S/C54H40N2/c1-3-16-39(17-4-1)40-30-34-44(35-31-40)55(45-36-32-42(33-37-45)48-23-8-7-22-47(48)41-18-5-2-6-19-41)46-21-15-20-43(38-46)49-24-9-12-27-52(49)56-53-28-13-10-25-50(53)51-26-11-14-29-54(51)56/h1-34,36-38,44H,35H2. The van der Waals surface area contributed by atoms with Crippen LogP contribution in [0, 0.1) is 0 Å². The highest BCUT2D eigenvalue weighted by Gasteiger charge is 2.22. The molecule has 0 aliphatic heterocycles. The van der Waals surface area contributed by atoms with Crippen molar-refractivity contribution in [1.29, 1.82) is 0 Å². The first-order valence-electron chi connectivity index (χ1n) is 19.5. The summed E-state index contributed by atoms with van der Waals surface area (Å²) in [4.78, 5) is 2.51. The Morgan fingerprint density at radius 2 is 0.946 bits per heavy atom. The fourth-order valence-corrected chi connectivity index (χ4v) is 8.50. The minimum absolute atomic E-state index is 0.132. The molecule has 0 bridgehead atoms. The maximum Gasteiger partial charge on any atom is 0.0560 e. The highest BCUT2D eigenvalue weighted by Crippen LogP contribution is 2.40. The Kier molecular flexibility index (Phi) is 8.70. The molecule has 1 atom stereocenters. The van der Waals surface area contributed by atoms with E-state index in [0.717, 1.165) is 17.8 Å². The lowest BCUT2D eigenvalue weighted by atomic mass is 9.93. The first-order valence-corrected chi connectivity index (χ1v) is 19.5. The van der Waals surface area contributed by atoms with E-state index in [1.807, 2.05) is 0 Å². The van der Waals surface area contributed by atoms with E-state index in [-0.39, 0.29) is 6.04 Å². The molecule has 0 amide bonds. The van der Waals surface area contributed by atoms with Gasteiger partial charge in [-0.05, 0) is 87.8 Å². The number of allylic oxidation sites excluding steroid dienone is 2. The summed E-state index contributed by atoms with van der Waals surface area (Å²) in [6.45, 7) is 0. The summed E-state index contributed by atoms with van der Waals surface area (Å²) in [5, 5.41) is 2.53. The third-order valence-corrected chi connectivity index (χ3v) is 11.1. The molecular formula is C54H40N2. The van der Waals surface area contributed by atoms with Gasteiger partial charge in [0.25, 0.3) is 0 Å². The number of anilines is 2. The lowest BCUT2D eigenvalue weighted by molar-refractivity contribution is 0.787. The van der Waals surface area contributed by atoms with Crippen molar-refractivity contribution in [1.82, 2.24) is 4.57 Å². The van der Waals surface area contributed by atoms with Crippen LogP contribution in [0.2, 0.25) is 0 Å². The molecule has 2 nitrogen and oxygen atoms in total. The van der Waals surface area contributed by atoms with E-state index in [2.05, 4.69) is 234 Å². The predicted octanol–water partition coefficient (Wildman–Crippen LogP) is 14.3. The van der Waals surface area contributed by atoms with Gasteiger partial charge in [0.1, 0.15) is 0 Å². The highest BCUT2D eigenvalue weighted by atomic mass is 15.2. The summed E-state index contributed by atoms with van der Waals surface area (Å²) >= 11 is 0. The van der Waals surface area contributed by atoms with Gasteiger partial charge in [0.15, 0.2) is 0 Å². The number of hydrogen-bond acceptors (Lipinski definition) is 1. The molecule has 0 spiro atoms. The molecule has 56 heavy (non-hydrogen) atoms. The topological polar surface area (TPSA) is 8.17 Å². The van der Waals surface area contributed by atoms with Crippen LogP contribution < -0.4 is 4.90 Å². The summed E-state index contributed by atoms with van der Waals surface area (Å²) in [5.74, 6) is 0. The molecule has 1 aliphatic rings. The Morgan fingerprint density at radius 3 is 1.59 bits per heavy atom. The van der Waals surface area contributed by atoms with Gasteiger partial charge >= 0.3 is 0 Å². The summed E-state index contributed by atoms with van der Waals surface area (Å²) < 4.78 is 2.43. The number of hydrogen-bond donors (Lipinski definition) is 0. The van der Waals surface area contributed by atoms with Crippen LogP contribution in [0.15, 0.2) is 224 Å². The van der Waals surface area contributed by atoms with Gasteiger partial charge in [-0.3, -0.25) is 0 Å². The Balaban J connectivity index is 1.07. The first kappa shape index (κ1) is 33.4. The number of fused-ring (bicyclic) bond motifs is 3. The number of aromatic nitrogens is 1. The maximum atomic E-state index is 2.51. The number of nitrogens with zero attached hydrogens (tertiary/aromatic N) is 2. The molecule has 8 aromatic carbocycles. The molecule has 266 valence electrons. The molecular weight excluding hydrogens is 677 g/mol. The second-order valence-corrected chi connectivity index (χ2v) is 14.5. The maximum absolute atomic E-state index is 2.51. The van der Waals surface area contributed by atoms with Crippen LogP contribution in [0.3, 0.4) is 0 Å². The number of benzene rings is 8. The quantitative estimate of drug-likeness (QED) is 0.152. The normalized spacial score (nSPS) is 13.9. The molecule has 0 saturated carbocycles. The molecule has 1 unspecified atom stereocenters. The molecule has 1 heterocycles. The minimum Gasteiger partial charge on any atom is -0.334 e. The van der Waals surface area contributed by atoms with E-state index >= 15 is 0 Å². The zero-order chi connectivity index (χ0) is 37.3. The van der Waals surface area contributed by atoms with Crippen LogP contribution in [0.25, 0.3) is 66.4 Å². The molecule has 1 aromatic heterocycles. The summed E-state index contributed by atoms with van der Waals surface area (Å²) in [7, 11) is 0. The van der Waals surface area contributed by atoms with Crippen LogP contribution in [0.1, 0.15) is 12.0 Å². The van der Waals surface area contributed by atoms with E-state index in [4.69, 9.17) is 0 Å². The van der Waals surface area contributed by atoms with Gasteiger partial charge in [0.05, 0.1) is 22.8 Å². The Labute approximate surface area is 328 Å². The zero-order valence-electron chi connectivity index (χ0n) is 31.0. The number of rotatable bonds is 8. The largest absolute Gasteiger partial charge is 0.334 e. The first-order chi connectivity index (χ1) is 27.8. The molecule has 0 N–H and O–H groups in total. The van der Waals surface area contributed by atoms with Crippen molar-refractivity contribution in [2.24, 2.45) is 0 Å². The fraction of sp³-hybridized carbons (Fsp3) is 0.0370. The second-order valence-electron chi connectivity index (χ2n) is 14.5. The summed E-state index contributed by atoms with van der Waals surface area (Å²) in [5.41, 5.74) is 15.7. The molecule has 10 rings (SSSR count). The fourth-order valence-electron chi connectivity index (χ4n) is 8.50. The van der Waals surface area contributed by atoms with Gasteiger partial charge in [-0.2, -0.15) is 0 Å². The lowest BCUT2D eigenvalue weighted by Crippen LogP contribution is -2.30. The molecule has 0 saturated heterocycles. The minimum atomic E-state index is 0.132. The van der Waals surface area contributed by atoms with Gasteiger partial charge in [-0.25, -0.2) is 0 Å². The molecule has 2 heteroatoms. The van der Waals surface area contributed by atoms with Crippen LogP contribution in [0.5, 0.6) is 0 Å².